The molecule has 154 valence electrons. The van der Waals surface area contributed by atoms with Crippen molar-refractivity contribution in [3.63, 3.8) is 0 Å². The van der Waals surface area contributed by atoms with Crippen LogP contribution in [0.4, 0.5) is 5.69 Å². The average molecular weight is 395 g/mol. The number of carbonyl (C=O) groups is 2. The van der Waals surface area contributed by atoms with Gasteiger partial charge in [0.2, 0.25) is 5.91 Å². The maximum atomic E-state index is 13.0. The minimum absolute atomic E-state index is 0.0520. The van der Waals surface area contributed by atoms with Crippen molar-refractivity contribution in [3.8, 4) is 5.75 Å². The number of nitrogens with zero attached hydrogens (tertiary/aromatic N) is 1. The first kappa shape index (κ1) is 20.9. The lowest BCUT2D eigenvalue weighted by Crippen LogP contribution is -2.52. The van der Waals surface area contributed by atoms with E-state index >= 15 is 0 Å². The second kappa shape index (κ2) is 8.27. The van der Waals surface area contributed by atoms with Crippen molar-refractivity contribution in [2.24, 2.45) is 0 Å². The highest BCUT2D eigenvalue weighted by atomic mass is 16.5. The van der Waals surface area contributed by atoms with Gasteiger partial charge in [0, 0.05) is 6.54 Å². The summed E-state index contributed by atoms with van der Waals surface area (Å²) in [4.78, 5) is 27.4. The van der Waals surface area contributed by atoms with Crippen LogP contribution >= 0.6 is 0 Å². The Balaban J connectivity index is 1.85. The van der Waals surface area contributed by atoms with E-state index in [1.165, 1.54) is 5.56 Å². The van der Waals surface area contributed by atoms with Gasteiger partial charge in [-0.1, -0.05) is 63.6 Å². The molecule has 2 aromatic carbocycles. The van der Waals surface area contributed by atoms with E-state index < -0.39 is 6.04 Å². The maximum absolute atomic E-state index is 13.0. The third kappa shape index (κ3) is 4.61. The molecule has 1 aliphatic heterocycles. The van der Waals surface area contributed by atoms with E-state index in [1.807, 2.05) is 56.3 Å². The molecule has 1 N–H and O–H groups in total. The first-order valence-corrected chi connectivity index (χ1v) is 10.1. The molecule has 0 bridgehead atoms. The Kier molecular flexibility index (Phi) is 5.96. The molecular formula is C24H30N2O3. The van der Waals surface area contributed by atoms with E-state index in [0.717, 1.165) is 11.1 Å². The van der Waals surface area contributed by atoms with Crippen molar-refractivity contribution >= 4 is 17.5 Å². The molecule has 5 nitrogen and oxygen atoms in total. The lowest BCUT2D eigenvalue weighted by atomic mass is 9.86. The molecule has 0 aliphatic carbocycles. The third-order valence-corrected chi connectivity index (χ3v) is 5.29. The molecule has 1 atom stereocenters. The topological polar surface area (TPSA) is 58.6 Å². The summed E-state index contributed by atoms with van der Waals surface area (Å²) in [6.07, 6.45) is 0.519. The molecular weight excluding hydrogens is 364 g/mol. The van der Waals surface area contributed by atoms with E-state index in [4.69, 9.17) is 4.74 Å². The number of fused-ring (bicyclic) bond motifs is 1. The van der Waals surface area contributed by atoms with Gasteiger partial charge in [-0.15, -0.1) is 0 Å². The van der Waals surface area contributed by atoms with Gasteiger partial charge in [0.1, 0.15) is 11.8 Å². The van der Waals surface area contributed by atoms with Gasteiger partial charge in [0.05, 0.1) is 5.69 Å². The van der Waals surface area contributed by atoms with Crippen molar-refractivity contribution in [1.29, 1.82) is 0 Å². The SMILES string of the molecule is CCC(C(=O)NCc1ccc(C)cc1)N1C(=O)COc2ccc(C(C)(C)C)cc21. The fourth-order valence-electron chi connectivity index (χ4n) is 3.48. The van der Waals surface area contributed by atoms with E-state index in [1.54, 1.807) is 4.90 Å². The lowest BCUT2D eigenvalue weighted by molar-refractivity contribution is -0.128. The number of anilines is 1. The molecule has 0 spiro atoms. The largest absolute Gasteiger partial charge is 0.482 e. The molecule has 2 amide bonds. The highest BCUT2D eigenvalue weighted by Crippen LogP contribution is 2.37. The van der Waals surface area contributed by atoms with E-state index in [9.17, 15) is 9.59 Å². The van der Waals surface area contributed by atoms with Crippen LogP contribution in [0, 0.1) is 6.92 Å². The zero-order valence-corrected chi connectivity index (χ0v) is 17.9. The number of aryl methyl sites for hydroxylation is 1. The van der Waals surface area contributed by atoms with E-state index in [-0.39, 0.29) is 23.8 Å². The van der Waals surface area contributed by atoms with Crippen LogP contribution in [0.25, 0.3) is 0 Å². The quantitative estimate of drug-likeness (QED) is 0.830. The Bertz CT molecular complexity index is 897. The van der Waals surface area contributed by atoms with Crippen LogP contribution in [-0.2, 0) is 21.5 Å². The predicted octanol–water partition coefficient (Wildman–Crippen LogP) is 4.11. The van der Waals surface area contributed by atoms with Crippen molar-refractivity contribution < 1.29 is 14.3 Å². The zero-order chi connectivity index (χ0) is 21.2. The molecule has 0 aromatic heterocycles. The number of benzene rings is 2. The van der Waals surface area contributed by atoms with Gasteiger partial charge in [-0.3, -0.25) is 14.5 Å². The van der Waals surface area contributed by atoms with Gasteiger partial charge < -0.3 is 10.1 Å². The van der Waals surface area contributed by atoms with E-state index in [0.29, 0.717) is 24.4 Å². The fraction of sp³-hybridized carbons (Fsp3) is 0.417. The van der Waals surface area contributed by atoms with Gasteiger partial charge in [0.15, 0.2) is 6.61 Å². The van der Waals surface area contributed by atoms with Gasteiger partial charge in [-0.05, 0) is 42.0 Å². The van der Waals surface area contributed by atoms with Crippen LogP contribution in [0.5, 0.6) is 5.75 Å². The molecule has 1 unspecified atom stereocenters. The molecule has 0 saturated carbocycles. The van der Waals surface area contributed by atoms with Gasteiger partial charge in [-0.2, -0.15) is 0 Å². The number of amides is 2. The van der Waals surface area contributed by atoms with Gasteiger partial charge in [-0.25, -0.2) is 0 Å². The molecule has 0 radical (unpaired) electrons. The molecule has 5 heteroatoms. The second-order valence-corrected chi connectivity index (χ2v) is 8.61. The average Bonchev–Trinajstić information content (AvgIpc) is 2.68. The number of ether oxygens (including phenoxy) is 1. The standard InChI is InChI=1S/C24H30N2O3/c1-6-19(23(28)25-14-17-9-7-16(2)8-10-17)26-20-13-18(24(3,4)5)11-12-21(20)29-15-22(26)27/h7-13,19H,6,14-15H2,1-5H3,(H,25,28). The lowest BCUT2D eigenvalue weighted by Gasteiger charge is -2.35. The summed E-state index contributed by atoms with van der Waals surface area (Å²) >= 11 is 0. The van der Waals surface area contributed by atoms with Crippen LogP contribution in [0.1, 0.15) is 50.8 Å². The Morgan fingerprint density at radius 1 is 1.17 bits per heavy atom. The molecule has 2 aromatic rings. The summed E-state index contributed by atoms with van der Waals surface area (Å²) in [5, 5.41) is 2.99. The first-order chi connectivity index (χ1) is 13.7. The van der Waals surface area contributed by atoms with Crippen LogP contribution in [0.15, 0.2) is 42.5 Å². The fourth-order valence-corrected chi connectivity index (χ4v) is 3.48. The first-order valence-electron chi connectivity index (χ1n) is 10.1. The number of carbonyl (C=O) groups excluding carboxylic acids is 2. The summed E-state index contributed by atoms with van der Waals surface area (Å²) in [7, 11) is 0. The predicted molar refractivity (Wildman–Crippen MR) is 115 cm³/mol. The summed E-state index contributed by atoms with van der Waals surface area (Å²) in [5.74, 6) is 0.290. The number of hydrogen-bond acceptors (Lipinski definition) is 3. The molecule has 0 saturated heterocycles. The summed E-state index contributed by atoms with van der Waals surface area (Å²) in [6.45, 7) is 10.7. The highest BCUT2D eigenvalue weighted by molar-refractivity contribution is 6.04. The molecule has 3 rings (SSSR count). The molecule has 0 fully saturated rings. The number of nitrogens with one attached hydrogen (secondary N) is 1. The number of hydrogen-bond donors (Lipinski definition) is 1. The van der Waals surface area contributed by atoms with Gasteiger partial charge >= 0.3 is 0 Å². The van der Waals surface area contributed by atoms with Crippen molar-refractivity contribution in [1.82, 2.24) is 5.32 Å². The smallest absolute Gasteiger partial charge is 0.265 e. The van der Waals surface area contributed by atoms with Crippen LogP contribution in [-0.4, -0.2) is 24.5 Å². The van der Waals surface area contributed by atoms with Crippen LogP contribution in [0.2, 0.25) is 0 Å². The Labute approximate surface area is 173 Å². The second-order valence-electron chi connectivity index (χ2n) is 8.61. The minimum atomic E-state index is -0.578. The highest BCUT2D eigenvalue weighted by Gasteiger charge is 2.35. The normalized spacial score (nSPS) is 14.8. The maximum Gasteiger partial charge on any atom is 0.265 e. The summed E-state index contributed by atoms with van der Waals surface area (Å²) in [5.41, 5.74) is 3.90. The molecule has 1 aliphatic rings. The van der Waals surface area contributed by atoms with Crippen LogP contribution in [0.3, 0.4) is 0 Å². The monoisotopic (exact) mass is 394 g/mol. The van der Waals surface area contributed by atoms with Crippen molar-refractivity contribution in [3.05, 3.63) is 59.2 Å². The number of rotatable bonds is 5. The summed E-state index contributed by atoms with van der Waals surface area (Å²) < 4.78 is 5.63. The Hall–Kier alpha value is -2.82. The zero-order valence-electron chi connectivity index (χ0n) is 17.9. The van der Waals surface area contributed by atoms with Crippen molar-refractivity contribution in [2.45, 2.75) is 59.0 Å². The Morgan fingerprint density at radius 3 is 2.48 bits per heavy atom. The molecule has 1 heterocycles. The minimum Gasteiger partial charge on any atom is -0.482 e. The van der Waals surface area contributed by atoms with Crippen LogP contribution < -0.4 is 15.0 Å². The Morgan fingerprint density at radius 2 is 1.86 bits per heavy atom. The van der Waals surface area contributed by atoms with Gasteiger partial charge in [0.25, 0.3) is 5.91 Å². The third-order valence-electron chi connectivity index (χ3n) is 5.29. The van der Waals surface area contributed by atoms with E-state index in [2.05, 4.69) is 26.1 Å². The van der Waals surface area contributed by atoms with Crippen molar-refractivity contribution in [2.75, 3.05) is 11.5 Å². The summed E-state index contributed by atoms with van der Waals surface area (Å²) in [6, 6.07) is 13.4. The molecule has 29 heavy (non-hydrogen) atoms.